The summed E-state index contributed by atoms with van der Waals surface area (Å²) in [4.78, 5) is 31.1. The molecule has 6 heteroatoms. The van der Waals surface area contributed by atoms with Crippen LogP contribution in [0.5, 0.6) is 0 Å². The SMILES string of the molecule is CC(C)OCCCN1C(=O)C(=O)/C(=C(/O)c2ccccc2)C1c1cccnc1. The Morgan fingerprint density at radius 1 is 1.18 bits per heavy atom. The Balaban J connectivity index is 1.99. The molecule has 0 spiro atoms. The number of aliphatic hydroxyl groups excluding tert-OH is 1. The first-order valence-corrected chi connectivity index (χ1v) is 9.36. The first kappa shape index (κ1) is 19.8. The van der Waals surface area contributed by atoms with Crippen LogP contribution >= 0.6 is 0 Å². The van der Waals surface area contributed by atoms with E-state index in [0.717, 1.165) is 0 Å². The molecule has 1 N–H and O–H groups in total. The molecule has 1 aromatic carbocycles. The average Bonchev–Trinajstić information content (AvgIpc) is 2.96. The van der Waals surface area contributed by atoms with Gasteiger partial charge in [0.05, 0.1) is 17.7 Å². The topological polar surface area (TPSA) is 79.7 Å². The number of hydrogen-bond acceptors (Lipinski definition) is 5. The van der Waals surface area contributed by atoms with Gasteiger partial charge in [0.2, 0.25) is 0 Å². The normalized spacial score (nSPS) is 18.8. The molecule has 1 aliphatic heterocycles. The molecule has 1 unspecified atom stereocenters. The fourth-order valence-corrected chi connectivity index (χ4v) is 3.30. The van der Waals surface area contributed by atoms with Crippen LogP contribution in [0.4, 0.5) is 0 Å². The van der Waals surface area contributed by atoms with Gasteiger partial charge in [0, 0.05) is 31.1 Å². The molecule has 0 aliphatic carbocycles. The van der Waals surface area contributed by atoms with Crippen molar-refractivity contribution in [3.05, 3.63) is 71.6 Å². The van der Waals surface area contributed by atoms with E-state index in [-0.39, 0.29) is 17.4 Å². The van der Waals surface area contributed by atoms with Gasteiger partial charge in [-0.25, -0.2) is 0 Å². The summed E-state index contributed by atoms with van der Waals surface area (Å²) in [6.07, 6.45) is 3.94. The number of Topliss-reactive ketones (excluding diaryl/α,β-unsaturated/α-hetero) is 1. The number of aliphatic hydroxyl groups is 1. The van der Waals surface area contributed by atoms with E-state index in [1.54, 1.807) is 48.8 Å². The monoisotopic (exact) mass is 380 g/mol. The first-order chi connectivity index (χ1) is 13.5. The van der Waals surface area contributed by atoms with Crippen LogP contribution in [0.15, 0.2) is 60.4 Å². The fraction of sp³-hybridized carbons (Fsp3) is 0.318. The summed E-state index contributed by atoms with van der Waals surface area (Å²) < 4.78 is 5.55. The third kappa shape index (κ3) is 4.12. The number of nitrogens with zero attached hydrogens (tertiary/aromatic N) is 2. The average molecular weight is 380 g/mol. The van der Waals surface area contributed by atoms with Crippen LogP contribution in [0.3, 0.4) is 0 Å². The maximum atomic E-state index is 12.8. The molecule has 1 aliphatic rings. The van der Waals surface area contributed by atoms with Crippen molar-refractivity contribution in [3.8, 4) is 0 Å². The van der Waals surface area contributed by atoms with Crippen LogP contribution in [0, 0.1) is 0 Å². The lowest BCUT2D eigenvalue weighted by Crippen LogP contribution is -2.31. The zero-order valence-corrected chi connectivity index (χ0v) is 16.0. The number of ketones is 1. The highest BCUT2D eigenvalue weighted by Gasteiger charge is 2.45. The Morgan fingerprint density at radius 3 is 2.57 bits per heavy atom. The lowest BCUT2D eigenvalue weighted by atomic mass is 9.96. The molecule has 1 amide bonds. The quantitative estimate of drug-likeness (QED) is 0.345. The number of likely N-dealkylation sites (tertiary alicyclic amines) is 1. The fourth-order valence-electron chi connectivity index (χ4n) is 3.30. The summed E-state index contributed by atoms with van der Waals surface area (Å²) in [6, 6.07) is 11.7. The molecule has 2 aromatic rings. The van der Waals surface area contributed by atoms with Crippen LogP contribution in [-0.2, 0) is 14.3 Å². The summed E-state index contributed by atoms with van der Waals surface area (Å²) in [6.45, 7) is 4.73. The number of aromatic nitrogens is 1. The van der Waals surface area contributed by atoms with Crippen molar-refractivity contribution in [1.29, 1.82) is 0 Å². The van der Waals surface area contributed by atoms with Gasteiger partial charge >= 0.3 is 0 Å². The van der Waals surface area contributed by atoms with E-state index in [1.807, 2.05) is 19.9 Å². The zero-order valence-electron chi connectivity index (χ0n) is 16.0. The van der Waals surface area contributed by atoms with Gasteiger partial charge in [-0.15, -0.1) is 0 Å². The summed E-state index contributed by atoms with van der Waals surface area (Å²) in [5.74, 6) is -1.47. The van der Waals surface area contributed by atoms with Crippen molar-refractivity contribution >= 4 is 17.4 Å². The predicted molar refractivity (Wildman–Crippen MR) is 105 cm³/mol. The summed E-state index contributed by atoms with van der Waals surface area (Å²) in [5.41, 5.74) is 1.27. The van der Waals surface area contributed by atoms with Gasteiger partial charge in [0.25, 0.3) is 11.7 Å². The Bertz CT molecular complexity index is 863. The Kier molecular flexibility index (Phi) is 6.21. The Morgan fingerprint density at radius 2 is 1.93 bits per heavy atom. The molecule has 28 heavy (non-hydrogen) atoms. The van der Waals surface area contributed by atoms with E-state index in [2.05, 4.69) is 4.98 Å². The third-order valence-electron chi connectivity index (χ3n) is 4.58. The number of hydrogen-bond donors (Lipinski definition) is 1. The number of pyridine rings is 1. The summed E-state index contributed by atoms with van der Waals surface area (Å²) in [7, 11) is 0. The van der Waals surface area contributed by atoms with E-state index in [1.165, 1.54) is 4.90 Å². The highest BCUT2D eigenvalue weighted by molar-refractivity contribution is 6.46. The van der Waals surface area contributed by atoms with E-state index in [9.17, 15) is 14.7 Å². The minimum Gasteiger partial charge on any atom is -0.507 e. The molecule has 0 saturated carbocycles. The van der Waals surface area contributed by atoms with Crippen molar-refractivity contribution in [1.82, 2.24) is 9.88 Å². The second kappa shape index (κ2) is 8.80. The molecule has 2 heterocycles. The zero-order chi connectivity index (χ0) is 20.1. The van der Waals surface area contributed by atoms with E-state index in [4.69, 9.17) is 4.74 Å². The number of amides is 1. The highest BCUT2D eigenvalue weighted by atomic mass is 16.5. The molecule has 1 aromatic heterocycles. The van der Waals surface area contributed by atoms with Gasteiger partial charge in [-0.05, 0) is 31.9 Å². The van der Waals surface area contributed by atoms with E-state index < -0.39 is 17.7 Å². The van der Waals surface area contributed by atoms with Gasteiger partial charge in [0.15, 0.2) is 0 Å². The molecule has 0 bridgehead atoms. The molecule has 146 valence electrons. The van der Waals surface area contributed by atoms with Gasteiger partial charge < -0.3 is 14.7 Å². The molecular formula is C22H24N2O4. The minimum absolute atomic E-state index is 0.0916. The first-order valence-electron chi connectivity index (χ1n) is 9.36. The Labute approximate surface area is 164 Å². The van der Waals surface area contributed by atoms with Crippen molar-refractivity contribution in [3.63, 3.8) is 0 Å². The number of benzene rings is 1. The summed E-state index contributed by atoms with van der Waals surface area (Å²) in [5, 5.41) is 10.8. The third-order valence-corrected chi connectivity index (χ3v) is 4.58. The van der Waals surface area contributed by atoms with Crippen LogP contribution in [0.1, 0.15) is 37.4 Å². The lowest BCUT2D eigenvalue weighted by molar-refractivity contribution is -0.140. The summed E-state index contributed by atoms with van der Waals surface area (Å²) >= 11 is 0. The molecule has 1 saturated heterocycles. The Hall–Kier alpha value is -2.99. The van der Waals surface area contributed by atoms with Crippen LogP contribution in [-0.4, -0.2) is 45.9 Å². The van der Waals surface area contributed by atoms with Gasteiger partial charge in [-0.2, -0.15) is 0 Å². The maximum Gasteiger partial charge on any atom is 0.295 e. The van der Waals surface area contributed by atoms with E-state index >= 15 is 0 Å². The second-order valence-corrected chi connectivity index (χ2v) is 6.92. The molecule has 1 fully saturated rings. The molecule has 6 nitrogen and oxygen atoms in total. The van der Waals surface area contributed by atoms with Crippen LogP contribution < -0.4 is 0 Å². The second-order valence-electron chi connectivity index (χ2n) is 6.92. The lowest BCUT2D eigenvalue weighted by Gasteiger charge is -2.25. The minimum atomic E-state index is -0.681. The van der Waals surface area contributed by atoms with Gasteiger partial charge in [-0.1, -0.05) is 36.4 Å². The van der Waals surface area contributed by atoms with E-state index in [0.29, 0.717) is 30.7 Å². The number of ether oxygens (including phenoxy) is 1. The van der Waals surface area contributed by atoms with Crippen molar-refractivity contribution in [2.24, 2.45) is 0 Å². The number of carbonyl (C=O) groups is 2. The van der Waals surface area contributed by atoms with Gasteiger partial charge in [0.1, 0.15) is 5.76 Å². The van der Waals surface area contributed by atoms with Gasteiger partial charge in [-0.3, -0.25) is 14.6 Å². The maximum absolute atomic E-state index is 12.8. The number of carbonyl (C=O) groups excluding carboxylic acids is 2. The molecule has 1 atom stereocenters. The predicted octanol–water partition coefficient (Wildman–Crippen LogP) is 3.32. The van der Waals surface area contributed by atoms with Crippen molar-refractivity contribution in [2.75, 3.05) is 13.2 Å². The largest absolute Gasteiger partial charge is 0.507 e. The van der Waals surface area contributed by atoms with Crippen molar-refractivity contribution in [2.45, 2.75) is 32.4 Å². The standard InChI is InChI=1S/C22H24N2O4/c1-15(2)28-13-7-12-24-19(17-10-6-11-23-14-17)18(21(26)22(24)27)20(25)16-8-4-3-5-9-16/h3-6,8-11,14-15,19,25H,7,12-13H2,1-2H3/b20-18+. The van der Waals surface area contributed by atoms with Crippen molar-refractivity contribution < 1.29 is 19.4 Å². The molecule has 0 radical (unpaired) electrons. The van der Waals surface area contributed by atoms with Crippen LogP contribution in [0.25, 0.3) is 5.76 Å². The number of rotatable bonds is 7. The van der Waals surface area contributed by atoms with Crippen LogP contribution in [0.2, 0.25) is 0 Å². The smallest absolute Gasteiger partial charge is 0.295 e. The molecule has 3 rings (SSSR count). The highest BCUT2D eigenvalue weighted by Crippen LogP contribution is 2.39. The molecular weight excluding hydrogens is 356 g/mol.